The molecule has 0 aliphatic carbocycles. The average Bonchev–Trinajstić information content (AvgIpc) is 2.92. The van der Waals surface area contributed by atoms with E-state index in [4.69, 9.17) is 23.2 Å². The van der Waals surface area contributed by atoms with Gasteiger partial charge in [0.15, 0.2) is 11.2 Å². The van der Waals surface area contributed by atoms with Crippen molar-refractivity contribution < 1.29 is 9.90 Å². The number of phenolic OH excluding ortho intramolecular Hbond substituents is 1. The van der Waals surface area contributed by atoms with E-state index in [1.54, 1.807) is 18.2 Å². The number of nitrogens with one attached hydrogen (secondary N) is 2. The maximum absolute atomic E-state index is 12.2. The van der Waals surface area contributed by atoms with Gasteiger partial charge in [0, 0.05) is 5.69 Å². The van der Waals surface area contributed by atoms with E-state index in [0.29, 0.717) is 10.5 Å². The van der Waals surface area contributed by atoms with Gasteiger partial charge in [-0.2, -0.15) is 0 Å². The molecule has 25 heavy (non-hydrogen) atoms. The number of aromatic hydroxyl groups is 1. The lowest BCUT2D eigenvalue weighted by atomic mass is 10.1. The highest BCUT2D eigenvalue weighted by molar-refractivity contribution is 8.05. The van der Waals surface area contributed by atoms with Crippen molar-refractivity contribution in [1.82, 2.24) is 5.32 Å². The molecule has 0 aromatic heterocycles. The first-order chi connectivity index (χ1) is 12.0. The number of benzene rings is 2. The van der Waals surface area contributed by atoms with Gasteiger partial charge in [-0.15, -0.1) is 0 Å². The lowest BCUT2D eigenvalue weighted by Gasteiger charge is -2.12. The molecule has 1 saturated heterocycles. The predicted octanol–water partition coefficient (Wildman–Crippen LogP) is 4.86. The van der Waals surface area contributed by atoms with Crippen molar-refractivity contribution in [3.05, 3.63) is 62.5 Å². The topological polar surface area (TPSA) is 61.4 Å². The smallest absolute Gasteiger partial charge is 0.260 e. The Kier molecular flexibility index (Phi) is 5.47. The predicted molar refractivity (Wildman–Crippen MR) is 105 cm³/mol. The number of aryl methyl sites for hydroxylation is 1. The zero-order valence-electron chi connectivity index (χ0n) is 13.3. The van der Waals surface area contributed by atoms with Gasteiger partial charge in [0.1, 0.15) is 0 Å². The van der Waals surface area contributed by atoms with Crippen molar-refractivity contribution in [2.24, 2.45) is 0 Å². The minimum absolute atomic E-state index is 0.147. The van der Waals surface area contributed by atoms with Crippen LogP contribution >= 0.6 is 35.0 Å². The number of anilines is 1. The molecule has 0 saturated carbocycles. The summed E-state index contributed by atoms with van der Waals surface area (Å²) in [5.74, 6) is -0.336. The van der Waals surface area contributed by atoms with E-state index in [2.05, 4.69) is 29.7 Å². The summed E-state index contributed by atoms with van der Waals surface area (Å²) in [5.41, 5.74) is 2.59. The molecule has 7 heteroatoms. The largest absolute Gasteiger partial charge is 0.505 e. The van der Waals surface area contributed by atoms with Crippen LogP contribution in [0.1, 0.15) is 18.1 Å². The molecule has 3 rings (SSSR count). The maximum Gasteiger partial charge on any atom is 0.260 e. The summed E-state index contributed by atoms with van der Waals surface area (Å²) in [5, 5.41) is 16.0. The molecule has 1 atom stereocenters. The van der Waals surface area contributed by atoms with E-state index in [0.717, 1.165) is 12.1 Å². The third kappa shape index (κ3) is 4.24. The molecule has 0 spiro atoms. The number of thioether (sulfide) groups is 1. The minimum Gasteiger partial charge on any atom is -0.505 e. The molecule has 0 bridgehead atoms. The molecule has 1 amide bonds. The highest BCUT2D eigenvalue weighted by atomic mass is 35.5. The van der Waals surface area contributed by atoms with E-state index in [-0.39, 0.29) is 27.2 Å². The maximum atomic E-state index is 12.2. The first-order valence-electron chi connectivity index (χ1n) is 7.69. The number of carbonyl (C=O) groups is 1. The fraction of sp³-hybridized carbons (Fsp3) is 0.167. The molecule has 2 aromatic rings. The number of amides is 1. The Morgan fingerprint density at radius 1 is 1.24 bits per heavy atom. The fourth-order valence-corrected chi connectivity index (χ4v) is 3.86. The highest BCUT2D eigenvalue weighted by Gasteiger charge is 2.27. The van der Waals surface area contributed by atoms with Crippen LogP contribution in [-0.2, 0) is 11.2 Å². The molecule has 1 fully saturated rings. The molecule has 2 aromatic carbocycles. The normalized spacial score (nSPS) is 18.4. The fourth-order valence-electron chi connectivity index (χ4n) is 2.37. The Labute approximate surface area is 160 Å². The molecule has 0 radical (unpaired) electrons. The minimum atomic E-state index is -0.255. The van der Waals surface area contributed by atoms with Crippen LogP contribution in [0.4, 0.5) is 5.69 Å². The van der Waals surface area contributed by atoms with E-state index >= 15 is 0 Å². The molecular formula is C18H16Cl2N2O2S. The van der Waals surface area contributed by atoms with Crippen LogP contribution in [0.25, 0.3) is 6.08 Å². The summed E-state index contributed by atoms with van der Waals surface area (Å²) in [6.07, 6.45) is 2.68. The molecule has 1 heterocycles. The molecule has 3 N–H and O–H groups in total. The zero-order valence-corrected chi connectivity index (χ0v) is 15.7. The standard InChI is InChI=1S/C18H16Cl2N2O2S/c1-2-10-3-5-12(6-4-10)21-18-22-17(24)15(25-18)9-11-7-13(19)16(23)14(20)8-11/h3-9,18,21,23H,2H2,1H3,(H,22,24). The van der Waals surface area contributed by atoms with Gasteiger partial charge < -0.3 is 15.7 Å². The van der Waals surface area contributed by atoms with E-state index in [1.165, 1.54) is 17.3 Å². The molecule has 1 unspecified atom stereocenters. The van der Waals surface area contributed by atoms with Gasteiger partial charge in [0.25, 0.3) is 5.91 Å². The molecular weight excluding hydrogens is 379 g/mol. The summed E-state index contributed by atoms with van der Waals surface area (Å²) < 4.78 is 0. The zero-order chi connectivity index (χ0) is 18.0. The third-order valence-electron chi connectivity index (χ3n) is 3.73. The third-order valence-corrected chi connectivity index (χ3v) is 5.33. The quantitative estimate of drug-likeness (QED) is 0.647. The monoisotopic (exact) mass is 394 g/mol. The SMILES string of the molecule is CCc1ccc(NC2NC(=O)C(=Cc3cc(Cl)c(O)c(Cl)c3)S2)cc1. The van der Waals surface area contributed by atoms with Gasteiger partial charge >= 0.3 is 0 Å². The van der Waals surface area contributed by atoms with E-state index in [9.17, 15) is 9.90 Å². The van der Waals surface area contributed by atoms with Crippen LogP contribution in [0.5, 0.6) is 5.75 Å². The average molecular weight is 395 g/mol. The van der Waals surface area contributed by atoms with Crippen LogP contribution in [-0.4, -0.2) is 16.5 Å². The van der Waals surface area contributed by atoms with Crippen LogP contribution in [0.15, 0.2) is 41.3 Å². The second-order valence-electron chi connectivity index (χ2n) is 5.51. The van der Waals surface area contributed by atoms with Crippen molar-refractivity contribution in [2.45, 2.75) is 18.8 Å². The van der Waals surface area contributed by atoms with Crippen LogP contribution in [0.2, 0.25) is 10.0 Å². The van der Waals surface area contributed by atoms with Crippen LogP contribution in [0.3, 0.4) is 0 Å². The summed E-state index contributed by atoms with van der Waals surface area (Å²) in [6, 6.07) is 11.2. The summed E-state index contributed by atoms with van der Waals surface area (Å²) >= 11 is 13.2. The first-order valence-corrected chi connectivity index (χ1v) is 9.32. The van der Waals surface area contributed by atoms with Gasteiger partial charge in [-0.05, 0) is 47.9 Å². The Bertz CT molecular complexity index is 814. The number of rotatable bonds is 4. The number of halogens is 2. The van der Waals surface area contributed by atoms with Gasteiger partial charge in [-0.1, -0.05) is 54.0 Å². The second kappa shape index (κ2) is 7.60. The van der Waals surface area contributed by atoms with Gasteiger partial charge in [0.05, 0.1) is 15.0 Å². The van der Waals surface area contributed by atoms with Crippen molar-refractivity contribution >= 4 is 52.6 Å². The van der Waals surface area contributed by atoms with Gasteiger partial charge in [0.2, 0.25) is 0 Å². The highest BCUT2D eigenvalue weighted by Crippen LogP contribution is 2.35. The van der Waals surface area contributed by atoms with Crippen molar-refractivity contribution in [3.8, 4) is 5.75 Å². The Hall–Kier alpha value is -1.82. The van der Waals surface area contributed by atoms with E-state index < -0.39 is 0 Å². The molecule has 130 valence electrons. The van der Waals surface area contributed by atoms with Crippen molar-refractivity contribution in [3.63, 3.8) is 0 Å². The Morgan fingerprint density at radius 2 is 1.88 bits per heavy atom. The summed E-state index contributed by atoms with van der Waals surface area (Å²) in [4.78, 5) is 12.7. The molecule has 1 aliphatic rings. The van der Waals surface area contributed by atoms with Crippen LogP contribution in [0, 0.1) is 0 Å². The van der Waals surface area contributed by atoms with E-state index in [1.807, 2.05) is 12.1 Å². The summed E-state index contributed by atoms with van der Waals surface area (Å²) in [7, 11) is 0. The van der Waals surface area contributed by atoms with Crippen LogP contribution < -0.4 is 10.6 Å². The molecule has 1 aliphatic heterocycles. The lowest BCUT2D eigenvalue weighted by molar-refractivity contribution is -0.116. The lowest BCUT2D eigenvalue weighted by Crippen LogP contribution is -2.30. The Morgan fingerprint density at radius 3 is 2.48 bits per heavy atom. The number of carbonyl (C=O) groups excluding carboxylic acids is 1. The van der Waals surface area contributed by atoms with Crippen molar-refractivity contribution in [2.75, 3.05) is 5.32 Å². The second-order valence-corrected chi connectivity index (χ2v) is 7.47. The number of hydrogen-bond acceptors (Lipinski definition) is 4. The molecule has 4 nitrogen and oxygen atoms in total. The van der Waals surface area contributed by atoms with Gasteiger partial charge in [-0.3, -0.25) is 4.79 Å². The summed E-state index contributed by atoms with van der Waals surface area (Å²) in [6.45, 7) is 2.11. The van der Waals surface area contributed by atoms with Gasteiger partial charge in [-0.25, -0.2) is 0 Å². The Balaban J connectivity index is 1.73. The van der Waals surface area contributed by atoms with Crippen molar-refractivity contribution in [1.29, 1.82) is 0 Å². The first kappa shape index (κ1) is 18.0. The number of hydrogen-bond donors (Lipinski definition) is 3. The number of phenols is 1.